The first-order valence-electron chi connectivity index (χ1n) is 7.77. The Balaban J connectivity index is 1.71. The van der Waals surface area contributed by atoms with Gasteiger partial charge in [-0.05, 0) is 30.7 Å². The molecule has 24 heavy (non-hydrogen) atoms. The van der Waals surface area contributed by atoms with Crippen LogP contribution < -0.4 is 5.56 Å². The molecule has 0 atom stereocenters. The molecular formula is C19H16N4O. The van der Waals surface area contributed by atoms with Crippen LogP contribution in [-0.2, 0) is 6.42 Å². The topological polar surface area (TPSA) is 73.9 Å². The number of aryl methyl sites for hydroxylation is 1. The van der Waals surface area contributed by atoms with Crippen LogP contribution in [0.4, 0.5) is 5.82 Å². The SMILES string of the molecule is Cc1ccc(Cc2[nH][nH]c(=O)c2C=C2C=Nc3ncccc32)cc1. The maximum Gasteiger partial charge on any atom is 0.271 e. The number of nitrogens with zero attached hydrogens (tertiary/aromatic N) is 2. The van der Waals surface area contributed by atoms with Crippen molar-refractivity contribution in [3.63, 3.8) is 0 Å². The number of aliphatic imine (C=N–C) groups is 1. The first-order chi connectivity index (χ1) is 11.7. The van der Waals surface area contributed by atoms with Gasteiger partial charge in [-0.15, -0.1) is 0 Å². The maximum absolute atomic E-state index is 12.2. The molecule has 5 heteroatoms. The van der Waals surface area contributed by atoms with Gasteiger partial charge in [0, 0.05) is 35.7 Å². The summed E-state index contributed by atoms with van der Waals surface area (Å²) in [6.45, 7) is 2.06. The molecule has 3 aromatic rings. The van der Waals surface area contributed by atoms with Gasteiger partial charge in [-0.1, -0.05) is 29.8 Å². The Bertz CT molecular complexity index is 1010. The lowest BCUT2D eigenvalue weighted by molar-refractivity contribution is 0.982. The van der Waals surface area contributed by atoms with Gasteiger partial charge in [0.2, 0.25) is 0 Å². The van der Waals surface area contributed by atoms with E-state index in [0.29, 0.717) is 17.8 Å². The van der Waals surface area contributed by atoms with Crippen molar-refractivity contribution in [1.29, 1.82) is 0 Å². The van der Waals surface area contributed by atoms with E-state index < -0.39 is 0 Å². The highest BCUT2D eigenvalue weighted by Gasteiger charge is 2.15. The van der Waals surface area contributed by atoms with Gasteiger partial charge in [-0.3, -0.25) is 9.89 Å². The minimum absolute atomic E-state index is 0.129. The van der Waals surface area contributed by atoms with Crippen LogP contribution in [0.3, 0.4) is 0 Å². The van der Waals surface area contributed by atoms with Crippen molar-refractivity contribution >= 4 is 23.7 Å². The minimum atomic E-state index is -0.129. The molecule has 0 amide bonds. The van der Waals surface area contributed by atoms with E-state index in [2.05, 4.69) is 51.4 Å². The standard InChI is InChI=1S/C19H16N4O/c1-12-4-6-13(7-5-12)9-17-16(19(24)23-22-17)10-14-11-21-18-15(14)3-2-8-20-18/h2-8,10-11H,9H2,1H3,(H2,22,23,24). The van der Waals surface area contributed by atoms with Crippen LogP contribution in [0.25, 0.3) is 11.6 Å². The van der Waals surface area contributed by atoms with Gasteiger partial charge in [0.15, 0.2) is 5.82 Å². The first kappa shape index (κ1) is 14.4. The number of allylic oxidation sites excluding steroid dienone is 1. The van der Waals surface area contributed by atoms with Crippen LogP contribution >= 0.6 is 0 Å². The second-order valence-electron chi connectivity index (χ2n) is 5.87. The summed E-state index contributed by atoms with van der Waals surface area (Å²) in [6, 6.07) is 12.1. The van der Waals surface area contributed by atoms with E-state index in [4.69, 9.17) is 0 Å². The fourth-order valence-corrected chi connectivity index (χ4v) is 2.80. The van der Waals surface area contributed by atoms with E-state index in [0.717, 1.165) is 22.4 Å². The molecule has 0 fully saturated rings. The third-order valence-corrected chi connectivity index (χ3v) is 4.12. The van der Waals surface area contributed by atoms with Crippen molar-refractivity contribution in [2.24, 2.45) is 4.99 Å². The van der Waals surface area contributed by atoms with Gasteiger partial charge in [0.1, 0.15) is 0 Å². The molecule has 0 bridgehead atoms. The Kier molecular flexibility index (Phi) is 3.46. The molecule has 0 saturated heterocycles. The molecule has 0 radical (unpaired) electrons. The summed E-state index contributed by atoms with van der Waals surface area (Å²) in [7, 11) is 0. The second kappa shape index (κ2) is 5.77. The Morgan fingerprint density at radius 2 is 1.96 bits per heavy atom. The van der Waals surface area contributed by atoms with Crippen LogP contribution in [0.15, 0.2) is 52.4 Å². The van der Waals surface area contributed by atoms with E-state index in [-0.39, 0.29) is 5.56 Å². The average Bonchev–Trinajstić information content (AvgIpc) is 3.16. The Hall–Kier alpha value is -3.21. The molecule has 118 valence electrons. The van der Waals surface area contributed by atoms with Gasteiger partial charge < -0.3 is 5.10 Å². The number of hydrogen-bond donors (Lipinski definition) is 2. The molecule has 5 nitrogen and oxygen atoms in total. The van der Waals surface area contributed by atoms with Gasteiger partial charge in [0.05, 0.1) is 5.56 Å². The quantitative estimate of drug-likeness (QED) is 0.778. The zero-order valence-electron chi connectivity index (χ0n) is 13.2. The summed E-state index contributed by atoms with van der Waals surface area (Å²) < 4.78 is 0. The molecule has 0 spiro atoms. The lowest BCUT2D eigenvalue weighted by Gasteiger charge is -2.02. The van der Waals surface area contributed by atoms with E-state index in [9.17, 15) is 4.79 Å². The van der Waals surface area contributed by atoms with Crippen LogP contribution in [0.1, 0.15) is 27.9 Å². The molecule has 2 aromatic heterocycles. The minimum Gasteiger partial charge on any atom is -0.301 e. The second-order valence-corrected chi connectivity index (χ2v) is 5.87. The van der Waals surface area contributed by atoms with Crippen LogP contribution in [-0.4, -0.2) is 21.4 Å². The molecule has 0 saturated carbocycles. The van der Waals surface area contributed by atoms with Crippen LogP contribution in [0.5, 0.6) is 0 Å². The first-order valence-corrected chi connectivity index (χ1v) is 7.77. The highest BCUT2D eigenvalue weighted by Crippen LogP contribution is 2.30. The number of hydrogen-bond acceptors (Lipinski definition) is 3. The Labute approximate surface area is 138 Å². The van der Waals surface area contributed by atoms with Crippen molar-refractivity contribution in [2.45, 2.75) is 13.3 Å². The van der Waals surface area contributed by atoms with E-state index in [1.165, 1.54) is 5.56 Å². The van der Waals surface area contributed by atoms with Crippen molar-refractivity contribution < 1.29 is 0 Å². The molecule has 1 aliphatic heterocycles. The number of benzene rings is 1. The van der Waals surface area contributed by atoms with Gasteiger partial charge in [-0.25, -0.2) is 9.98 Å². The molecule has 0 aliphatic carbocycles. The number of pyridine rings is 1. The third kappa shape index (κ3) is 2.60. The predicted molar refractivity (Wildman–Crippen MR) is 95.7 cm³/mol. The molecule has 1 aliphatic rings. The molecular weight excluding hydrogens is 300 g/mol. The number of aromatic nitrogens is 3. The van der Waals surface area contributed by atoms with Gasteiger partial charge in [-0.2, -0.15) is 0 Å². The lowest BCUT2D eigenvalue weighted by atomic mass is 10.0. The molecule has 2 N–H and O–H groups in total. The predicted octanol–water partition coefficient (Wildman–Crippen LogP) is 3.25. The smallest absolute Gasteiger partial charge is 0.271 e. The monoisotopic (exact) mass is 316 g/mol. The van der Waals surface area contributed by atoms with Crippen molar-refractivity contribution in [3.8, 4) is 0 Å². The van der Waals surface area contributed by atoms with E-state index in [1.807, 2.05) is 18.2 Å². The molecule has 1 aromatic carbocycles. The maximum atomic E-state index is 12.2. The summed E-state index contributed by atoms with van der Waals surface area (Å²) in [5.74, 6) is 0.691. The van der Waals surface area contributed by atoms with Crippen LogP contribution in [0, 0.1) is 6.92 Å². The van der Waals surface area contributed by atoms with Crippen molar-refractivity contribution in [2.75, 3.05) is 0 Å². The molecule has 4 rings (SSSR count). The summed E-state index contributed by atoms with van der Waals surface area (Å²) in [6.07, 6.45) is 6.00. The highest BCUT2D eigenvalue weighted by atomic mass is 16.1. The number of fused-ring (bicyclic) bond motifs is 1. The molecule has 0 unspecified atom stereocenters. The third-order valence-electron chi connectivity index (χ3n) is 4.12. The fraction of sp³-hybridized carbons (Fsp3) is 0.105. The summed E-state index contributed by atoms with van der Waals surface area (Å²) in [4.78, 5) is 20.7. The average molecular weight is 316 g/mol. The van der Waals surface area contributed by atoms with Crippen LogP contribution in [0.2, 0.25) is 0 Å². The normalized spacial score (nSPS) is 14.3. The number of aromatic amines is 2. The fourth-order valence-electron chi connectivity index (χ4n) is 2.80. The Morgan fingerprint density at radius 3 is 2.79 bits per heavy atom. The zero-order chi connectivity index (χ0) is 16.5. The van der Waals surface area contributed by atoms with E-state index in [1.54, 1.807) is 12.4 Å². The van der Waals surface area contributed by atoms with Crippen molar-refractivity contribution in [3.05, 3.63) is 80.9 Å². The number of H-pyrrole nitrogens is 2. The van der Waals surface area contributed by atoms with Gasteiger partial charge in [0.25, 0.3) is 5.56 Å². The number of rotatable bonds is 3. The lowest BCUT2D eigenvalue weighted by Crippen LogP contribution is -2.03. The summed E-state index contributed by atoms with van der Waals surface area (Å²) >= 11 is 0. The highest BCUT2D eigenvalue weighted by molar-refractivity contribution is 6.20. The largest absolute Gasteiger partial charge is 0.301 e. The van der Waals surface area contributed by atoms with Gasteiger partial charge >= 0.3 is 0 Å². The summed E-state index contributed by atoms with van der Waals surface area (Å²) in [5, 5.41) is 5.67. The Morgan fingerprint density at radius 1 is 1.12 bits per heavy atom. The summed E-state index contributed by atoms with van der Waals surface area (Å²) in [5.41, 5.74) is 5.58. The van der Waals surface area contributed by atoms with E-state index >= 15 is 0 Å². The molecule has 3 heterocycles. The zero-order valence-corrected chi connectivity index (χ0v) is 13.2. The van der Waals surface area contributed by atoms with Crippen molar-refractivity contribution in [1.82, 2.24) is 15.2 Å². The number of nitrogens with one attached hydrogen (secondary N) is 2.